The molecule has 7 rings (SSSR count). The van der Waals surface area contributed by atoms with Crippen LogP contribution < -0.4 is 9.47 Å². The van der Waals surface area contributed by atoms with Crippen molar-refractivity contribution in [2.45, 2.75) is 31.0 Å². The number of carbonyl (C=O) groups excluding carboxylic acids is 1. The summed E-state index contributed by atoms with van der Waals surface area (Å²) >= 11 is 0. The van der Waals surface area contributed by atoms with Gasteiger partial charge in [0.25, 0.3) is 0 Å². The van der Waals surface area contributed by atoms with Gasteiger partial charge in [0.2, 0.25) is 0 Å². The fraction of sp³-hybridized carbons (Fsp3) is 0.200. The maximum Gasteiger partial charge on any atom is 0.337 e. The molecule has 1 aliphatic carbocycles. The van der Waals surface area contributed by atoms with Gasteiger partial charge >= 0.3 is 5.97 Å². The van der Waals surface area contributed by atoms with E-state index in [1.54, 1.807) is 20.3 Å². The van der Waals surface area contributed by atoms with Crippen LogP contribution in [0.5, 0.6) is 11.5 Å². The Balaban J connectivity index is 1.11. The Morgan fingerprint density at radius 2 is 1.35 bits per heavy atom. The third-order valence-electron chi connectivity index (χ3n) is 9.83. The van der Waals surface area contributed by atoms with Crippen LogP contribution in [0.4, 0.5) is 0 Å². The van der Waals surface area contributed by atoms with Gasteiger partial charge in [0, 0.05) is 11.8 Å². The van der Waals surface area contributed by atoms with Crippen LogP contribution in [0.15, 0.2) is 146 Å². The van der Waals surface area contributed by atoms with Crippen molar-refractivity contribution < 1.29 is 23.7 Å². The van der Waals surface area contributed by atoms with E-state index < -0.39 is 5.60 Å². The van der Waals surface area contributed by atoms with Gasteiger partial charge in [-0.25, -0.2) is 4.79 Å². The molecule has 0 amide bonds. The van der Waals surface area contributed by atoms with Crippen molar-refractivity contribution in [1.82, 2.24) is 4.98 Å². The molecular weight excluding hydrogens is 634 g/mol. The van der Waals surface area contributed by atoms with Crippen LogP contribution in [-0.4, -0.2) is 32.3 Å². The number of ether oxygens (including phenoxy) is 4. The average Bonchev–Trinajstić information content (AvgIpc) is 3.98. The summed E-state index contributed by atoms with van der Waals surface area (Å²) in [5, 5.41) is 0. The molecule has 5 aromatic carbocycles. The largest absolute Gasteiger partial charge is 0.497 e. The fourth-order valence-electron chi connectivity index (χ4n) is 7.00. The van der Waals surface area contributed by atoms with E-state index in [0.717, 1.165) is 63.4 Å². The maximum absolute atomic E-state index is 12.0. The van der Waals surface area contributed by atoms with Crippen LogP contribution in [0, 0.1) is 5.92 Å². The molecule has 51 heavy (non-hydrogen) atoms. The SMILES string of the molecule is COC(=O)c1cccc(CC2CC2c2cccc(-c3ccc(COC(c4ccccc4)(c4ccc(OC)cc4)c4ccc(OC)cc4)cn3)c2)c1. The highest BCUT2D eigenvalue weighted by molar-refractivity contribution is 5.89. The minimum atomic E-state index is -0.908. The summed E-state index contributed by atoms with van der Waals surface area (Å²) in [6, 6.07) is 47.1. The number of nitrogens with zero attached hydrogens (tertiary/aromatic N) is 1. The summed E-state index contributed by atoms with van der Waals surface area (Å²) in [5.41, 5.74) is 8.13. The lowest BCUT2D eigenvalue weighted by molar-refractivity contribution is 0.0000773. The first-order chi connectivity index (χ1) is 25.0. The molecule has 1 aliphatic rings. The average molecular weight is 676 g/mol. The van der Waals surface area contributed by atoms with E-state index in [1.807, 2.05) is 60.8 Å². The normalized spacial score (nSPS) is 15.2. The van der Waals surface area contributed by atoms with Gasteiger partial charge in [0.15, 0.2) is 0 Å². The Morgan fingerprint density at radius 1 is 0.686 bits per heavy atom. The molecule has 1 heterocycles. The molecule has 2 unspecified atom stereocenters. The molecule has 1 saturated carbocycles. The lowest BCUT2D eigenvalue weighted by Crippen LogP contribution is -2.32. The van der Waals surface area contributed by atoms with Gasteiger partial charge in [0.05, 0.1) is 39.2 Å². The van der Waals surface area contributed by atoms with Crippen LogP contribution in [-0.2, 0) is 28.1 Å². The van der Waals surface area contributed by atoms with Crippen molar-refractivity contribution >= 4 is 5.97 Å². The summed E-state index contributed by atoms with van der Waals surface area (Å²) < 4.78 is 22.9. The van der Waals surface area contributed by atoms with Gasteiger partial charge < -0.3 is 18.9 Å². The molecule has 256 valence electrons. The van der Waals surface area contributed by atoms with Crippen molar-refractivity contribution in [3.63, 3.8) is 0 Å². The number of esters is 1. The Bertz CT molecular complexity index is 2030. The van der Waals surface area contributed by atoms with Crippen molar-refractivity contribution in [1.29, 1.82) is 0 Å². The van der Waals surface area contributed by atoms with Crippen LogP contribution in [0.1, 0.15) is 56.1 Å². The molecule has 1 aromatic heterocycles. The molecule has 0 radical (unpaired) electrons. The second-order valence-electron chi connectivity index (χ2n) is 13.0. The molecular formula is C45H41NO5. The van der Waals surface area contributed by atoms with Gasteiger partial charge in [-0.3, -0.25) is 4.98 Å². The summed E-state index contributed by atoms with van der Waals surface area (Å²) in [6.07, 6.45) is 3.97. The third-order valence-corrected chi connectivity index (χ3v) is 9.83. The molecule has 2 atom stereocenters. The monoisotopic (exact) mass is 675 g/mol. The molecule has 0 bridgehead atoms. The second-order valence-corrected chi connectivity index (χ2v) is 13.0. The molecule has 1 fully saturated rings. The molecule has 0 aliphatic heterocycles. The lowest BCUT2D eigenvalue weighted by Gasteiger charge is -2.36. The Hall–Kier alpha value is -5.72. The smallest absolute Gasteiger partial charge is 0.337 e. The number of hydrogen-bond donors (Lipinski definition) is 0. The Labute approximate surface area is 299 Å². The summed E-state index contributed by atoms with van der Waals surface area (Å²) in [4.78, 5) is 16.9. The van der Waals surface area contributed by atoms with Crippen LogP contribution in [0.3, 0.4) is 0 Å². The first kappa shape index (κ1) is 33.8. The number of hydrogen-bond acceptors (Lipinski definition) is 6. The van der Waals surface area contributed by atoms with Crippen molar-refractivity contribution in [3.8, 4) is 22.8 Å². The number of aromatic nitrogens is 1. The van der Waals surface area contributed by atoms with Crippen molar-refractivity contribution in [2.24, 2.45) is 5.92 Å². The van der Waals surface area contributed by atoms with E-state index in [4.69, 9.17) is 23.9 Å². The zero-order valence-electron chi connectivity index (χ0n) is 29.1. The highest BCUT2D eigenvalue weighted by Gasteiger charge is 2.39. The minimum absolute atomic E-state index is 0.299. The van der Waals surface area contributed by atoms with E-state index >= 15 is 0 Å². The zero-order valence-corrected chi connectivity index (χ0v) is 29.1. The number of benzene rings is 5. The maximum atomic E-state index is 12.0. The molecule has 0 spiro atoms. The van der Waals surface area contributed by atoms with Crippen LogP contribution >= 0.6 is 0 Å². The summed E-state index contributed by atoms with van der Waals surface area (Å²) in [5.74, 6) is 2.29. The molecule has 0 saturated heterocycles. The standard InChI is InChI=1S/C45H41NO5/c1-48-40-20-16-38(17-21-40)45(37-13-5-4-6-14-37,39-18-22-41(49-2)23-19-39)51-30-32-15-24-43(46-29-32)34-11-8-10-33(27-34)42-28-36(42)26-31-9-7-12-35(25-31)44(47)50-3/h4-25,27,29,36,42H,26,28,30H2,1-3H3. The summed E-state index contributed by atoms with van der Waals surface area (Å²) in [7, 11) is 4.76. The Morgan fingerprint density at radius 3 is 1.98 bits per heavy atom. The van der Waals surface area contributed by atoms with Gasteiger partial charge in [-0.05, 0) is 107 Å². The predicted molar refractivity (Wildman–Crippen MR) is 199 cm³/mol. The second kappa shape index (κ2) is 15.0. The number of pyridine rings is 1. The van der Waals surface area contributed by atoms with Gasteiger partial charge in [-0.2, -0.15) is 0 Å². The molecule has 6 heteroatoms. The van der Waals surface area contributed by atoms with E-state index in [1.165, 1.54) is 12.7 Å². The molecule has 6 aromatic rings. The summed E-state index contributed by atoms with van der Waals surface area (Å²) in [6.45, 7) is 0.335. The van der Waals surface area contributed by atoms with Gasteiger partial charge in [-0.1, -0.05) is 91.0 Å². The number of rotatable bonds is 13. The first-order valence-electron chi connectivity index (χ1n) is 17.2. The van der Waals surface area contributed by atoms with E-state index in [0.29, 0.717) is 24.0 Å². The van der Waals surface area contributed by atoms with Crippen molar-refractivity contribution in [2.75, 3.05) is 21.3 Å². The van der Waals surface area contributed by atoms with E-state index in [9.17, 15) is 4.79 Å². The number of carbonyl (C=O) groups is 1. The van der Waals surface area contributed by atoms with Crippen molar-refractivity contribution in [3.05, 3.63) is 185 Å². The lowest BCUT2D eigenvalue weighted by atomic mass is 9.80. The zero-order chi connectivity index (χ0) is 35.2. The first-order valence-corrected chi connectivity index (χ1v) is 17.2. The van der Waals surface area contributed by atoms with Gasteiger partial charge in [0.1, 0.15) is 17.1 Å². The Kier molecular flexibility index (Phi) is 9.95. The minimum Gasteiger partial charge on any atom is -0.497 e. The highest BCUT2D eigenvalue weighted by Crippen LogP contribution is 2.50. The molecule has 0 N–H and O–H groups in total. The quantitative estimate of drug-likeness (QED) is 0.0898. The van der Waals surface area contributed by atoms with Crippen LogP contribution in [0.2, 0.25) is 0 Å². The fourth-order valence-corrected chi connectivity index (χ4v) is 7.00. The third kappa shape index (κ3) is 7.28. The predicted octanol–water partition coefficient (Wildman–Crippen LogP) is 9.41. The number of methoxy groups -OCH3 is 3. The van der Waals surface area contributed by atoms with E-state index in [-0.39, 0.29) is 5.97 Å². The molecule has 6 nitrogen and oxygen atoms in total. The van der Waals surface area contributed by atoms with Crippen LogP contribution in [0.25, 0.3) is 11.3 Å². The van der Waals surface area contributed by atoms with E-state index in [2.05, 4.69) is 78.9 Å². The van der Waals surface area contributed by atoms with Gasteiger partial charge in [-0.15, -0.1) is 0 Å². The highest BCUT2D eigenvalue weighted by atomic mass is 16.5. The topological polar surface area (TPSA) is 66.9 Å².